The lowest BCUT2D eigenvalue weighted by molar-refractivity contribution is -0.136. The molecule has 0 radical (unpaired) electrons. The summed E-state index contributed by atoms with van der Waals surface area (Å²) < 4.78 is 0. The first-order valence-corrected chi connectivity index (χ1v) is 7.91. The van der Waals surface area contributed by atoms with Crippen molar-refractivity contribution in [3.05, 3.63) is 29.3 Å². The molecule has 4 N–H and O–H groups in total. The molecule has 1 unspecified atom stereocenters. The molecular weight excluding hydrogens is 296 g/mol. The predicted molar refractivity (Wildman–Crippen MR) is 87.0 cm³/mol. The van der Waals surface area contributed by atoms with Gasteiger partial charge in [0.2, 0.25) is 0 Å². The highest BCUT2D eigenvalue weighted by atomic mass is 16.3. The summed E-state index contributed by atoms with van der Waals surface area (Å²) in [6, 6.07) is 5.38. The summed E-state index contributed by atoms with van der Waals surface area (Å²) in [5.41, 5.74) is 2.61. The molecule has 0 saturated heterocycles. The van der Waals surface area contributed by atoms with Crippen LogP contribution in [-0.2, 0) is 9.59 Å². The molecule has 1 aliphatic carbocycles. The molecule has 0 bridgehead atoms. The van der Waals surface area contributed by atoms with Gasteiger partial charge in [0.25, 0.3) is 0 Å². The first-order chi connectivity index (χ1) is 10.8. The Bertz CT molecular complexity index is 556. The molecule has 0 heterocycles. The summed E-state index contributed by atoms with van der Waals surface area (Å²) in [4.78, 5) is 24.0. The number of hydrogen-bond acceptors (Lipinski definition) is 4. The zero-order valence-electron chi connectivity index (χ0n) is 13.5. The van der Waals surface area contributed by atoms with Crippen LogP contribution in [-0.4, -0.2) is 40.3 Å². The minimum Gasteiger partial charge on any atom is -0.390 e. The molecule has 1 fully saturated rings. The van der Waals surface area contributed by atoms with Crippen molar-refractivity contribution in [2.45, 2.75) is 57.8 Å². The van der Waals surface area contributed by atoms with E-state index in [1.807, 2.05) is 19.9 Å². The first kappa shape index (κ1) is 17.4. The SMILES string of the molecule is Cc1cc(C)cc(NC(=O)C(=O)NC2CC[C@@H](O)[C@@H](O)CC2)c1. The highest BCUT2D eigenvalue weighted by Gasteiger charge is 2.26. The van der Waals surface area contributed by atoms with Crippen LogP contribution in [0.15, 0.2) is 18.2 Å². The molecule has 2 amide bonds. The molecule has 6 nitrogen and oxygen atoms in total. The molecule has 3 atom stereocenters. The molecule has 0 spiro atoms. The average Bonchev–Trinajstić information content (AvgIpc) is 2.61. The van der Waals surface area contributed by atoms with Gasteiger partial charge in [0, 0.05) is 11.7 Å². The molecule has 1 aromatic rings. The smallest absolute Gasteiger partial charge is 0.313 e. The molecule has 1 aromatic carbocycles. The minimum atomic E-state index is -0.763. The molecule has 1 aliphatic rings. The lowest BCUT2D eigenvalue weighted by atomic mass is 10.1. The highest BCUT2D eigenvalue weighted by Crippen LogP contribution is 2.19. The second-order valence-electron chi connectivity index (χ2n) is 6.29. The summed E-state index contributed by atoms with van der Waals surface area (Å²) in [6.45, 7) is 3.84. The van der Waals surface area contributed by atoms with Crippen molar-refractivity contribution < 1.29 is 19.8 Å². The van der Waals surface area contributed by atoms with Crippen molar-refractivity contribution in [3.63, 3.8) is 0 Å². The van der Waals surface area contributed by atoms with Crippen LogP contribution in [0.25, 0.3) is 0 Å². The fourth-order valence-corrected chi connectivity index (χ4v) is 2.90. The van der Waals surface area contributed by atoms with Crippen LogP contribution < -0.4 is 10.6 Å². The van der Waals surface area contributed by atoms with E-state index < -0.39 is 24.0 Å². The number of nitrogens with one attached hydrogen (secondary N) is 2. The van der Waals surface area contributed by atoms with E-state index in [-0.39, 0.29) is 6.04 Å². The number of rotatable bonds is 2. The number of benzene rings is 1. The minimum absolute atomic E-state index is 0.209. The summed E-state index contributed by atoms with van der Waals surface area (Å²) in [5, 5.41) is 24.5. The van der Waals surface area contributed by atoms with E-state index in [0.717, 1.165) is 11.1 Å². The lowest BCUT2D eigenvalue weighted by Gasteiger charge is -2.16. The van der Waals surface area contributed by atoms with Crippen molar-refractivity contribution in [1.29, 1.82) is 0 Å². The van der Waals surface area contributed by atoms with Gasteiger partial charge in [-0.3, -0.25) is 9.59 Å². The maximum atomic E-state index is 12.0. The van der Waals surface area contributed by atoms with E-state index in [4.69, 9.17) is 0 Å². The third-order valence-corrected chi connectivity index (χ3v) is 4.09. The fourth-order valence-electron chi connectivity index (χ4n) is 2.90. The fraction of sp³-hybridized carbons (Fsp3) is 0.529. The van der Waals surface area contributed by atoms with Gasteiger partial charge in [0.15, 0.2) is 0 Å². The highest BCUT2D eigenvalue weighted by molar-refractivity contribution is 6.39. The molecule has 0 aromatic heterocycles. The molecule has 2 rings (SSSR count). The van der Waals surface area contributed by atoms with Crippen LogP contribution in [0.5, 0.6) is 0 Å². The maximum absolute atomic E-state index is 12.0. The Labute approximate surface area is 135 Å². The molecular formula is C17H24N2O4. The predicted octanol–water partition coefficient (Wildman–Crippen LogP) is 1.02. The van der Waals surface area contributed by atoms with Crippen molar-refractivity contribution >= 4 is 17.5 Å². The van der Waals surface area contributed by atoms with Gasteiger partial charge in [-0.25, -0.2) is 0 Å². The van der Waals surface area contributed by atoms with Crippen LogP contribution in [0.3, 0.4) is 0 Å². The third-order valence-electron chi connectivity index (χ3n) is 4.09. The van der Waals surface area contributed by atoms with E-state index in [1.54, 1.807) is 12.1 Å². The Balaban J connectivity index is 1.91. The Hall–Kier alpha value is -1.92. The Morgan fingerprint density at radius 2 is 1.43 bits per heavy atom. The number of carbonyl (C=O) groups excluding carboxylic acids is 2. The van der Waals surface area contributed by atoms with Crippen molar-refractivity contribution in [2.24, 2.45) is 0 Å². The number of carbonyl (C=O) groups is 2. The van der Waals surface area contributed by atoms with Gasteiger partial charge in [-0.1, -0.05) is 6.07 Å². The number of aryl methyl sites for hydroxylation is 2. The average molecular weight is 320 g/mol. The molecule has 23 heavy (non-hydrogen) atoms. The van der Waals surface area contributed by atoms with Crippen molar-refractivity contribution in [1.82, 2.24) is 5.32 Å². The Morgan fingerprint density at radius 1 is 0.913 bits per heavy atom. The summed E-state index contributed by atoms with van der Waals surface area (Å²) in [5.74, 6) is -1.40. The molecule has 0 aliphatic heterocycles. The van der Waals surface area contributed by atoms with Gasteiger partial charge in [0.05, 0.1) is 12.2 Å². The number of anilines is 1. The second-order valence-corrected chi connectivity index (χ2v) is 6.29. The van der Waals surface area contributed by atoms with E-state index in [2.05, 4.69) is 10.6 Å². The lowest BCUT2D eigenvalue weighted by Crippen LogP contribution is -2.41. The molecule has 126 valence electrons. The van der Waals surface area contributed by atoms with E-state index in [0.29, 0.717) is 31.4 Å². The van der Waals surface area contributed by atoms with Crippen LogP contribution in [0.4, 0.5) is 5.69 Å². The van der Waals surface area contributed by atoms with E-state index in [9.17, 15) is 19.8 Å². The van der Waals surface area contributed by atoms with Crippen molar-refractivity contribution in [3.8, 4) is 0 Å². The normalized spacial score (nSPS) is 24.6. The standard InChI is InChI=1S/C17H24N2O4/c1-10-7-11(2)9-13(8-10)19-17(23)16(22)18-12-3-5-14(20)15(21)6-4-12/h7-9,12,14-15,20-21H,3-6H2,1-2H3,(H,18,22)(H,19,23)/t12?,14-,15+. The van der Waals surface area contributed by atoms with Gasteiger partial charge < -0.3 is 20.8 Å². The molecule has 1 saturated carbocycles. The Morgan fingerprint density at radius 3 is 1.96 bits per heavy atom. The van der Waals surface area contributed by atoms with Crippen LogP contribution >= 0.6 is 0 Å². The third kappa shape index (κ3) is 5.04. The quantitative estimate of drug-likeness (QED) is 0.483. The van der Waals surface area contributed by atoms with E-state index in [1.165, 1.54) is 0 Å². The first-order valence-electron chi connectivity index (χ1n) is 7.91. The Kier molecular flexibility index (Phi) is 5.74. The second kappa shape index (κ2) is 7.57. The van der Waals surface area contributed by atoms with Gasteiger partial charge in [-0.2, -0.15) is 0 Å². The van der Waals surface area contributed by atoms with Crippen molar-refractivity contribution in [2.75, 3.05) is 5.32 Å². The van der Waals surface area contributed by atoms with Gasteiger partial charge in [0.1, 0.15) is 0 Å². The van der Waals surface area contributed by atoms with Crippen LogP contribution in [0.2, 0.25) is 0 Å². The largest absolute Gasteiger partial charge is 0.390 e. The summed E-state index contributed by atoms with van der Waals surface area (Å²) in [6.07, 6.45) is 0.374. The van der Waals surface area contributed by atoms with Gasteiger partial charge >= 0.3 is 11.8 Å². The monoisotopic (exact) mass is 320 g/mol. The maximum Gasteiger partial charge on any atom is 0.313 e. The number of aliphatic hydroxyl groups is 2. The van der Waals surface area contributed by atoms with Gasteiger partial charge in [-0.15, -0.1) is 0 Å². The zero-order valence-corrected chi connectivity index (χ0v) is 13.5. The number of amides is 2. The zero-order chi connectivity index (χ0) is 17.0. The number of hydrogen-bond donors (Lipinski definition) is 4. The molecule has 6 heteroatoms. The van der Waals surface area contributed by atoms with Crippen LogP contribution in [0.1, 0.15) is 36.8 Å². The summed E-state index contributed by atoms with van der Waals surface area (Å²) >= 11 is 0. The number of aliphatic hydroxyl groups excluding tert-OH is 2. The topological polar surface area (TPSA) is 98.7 Å². The van der Waals surface area contributed by atoms with E-state index >= 15 is 0 Å². The van der Waals surface area contributed by atoms with Gasteiger partial charge in [-0.05, 0) is 62.8 Å². The summed E-state index contributed by atoms with van der Waals surface area (Å²) in [7, 11) is 0. The van der Waals surface area contributed by atoms with Crippen LogP contribution in [0, 0.1) is 13.8 Å².